The minimum atomic E-state index is -0.418. The third-order valence-electron chi connectivity index (χ3n) is 6.45. The van der Waals surface area contributed by atoms with Crippen LogP contribution in [0.4, 0.5) is 0 Å². The molecule has 56 heavy (non-hydrogen) atoms. The Hall–Kier alpha value is -2.14. The molecule has 18 nitrogen and oxygen atoms in total. The molecule has 0 spiro atoms. The van der Waals surface area contributed by atoms with Crippen LogP contribution >= 0.6 is 0 Å². The maximum atomic E-state index is 11.2. The third-order valence-corrected chi connectivity index (χ3v) is 6.45. The van der Waals surface area contributed by atoms with E-state index in [4.69, 9.17) is 75.8 Å². The van der Waals surface area contributed by atoms with Gasteiger partial charge >= 0.3 is 11.9 Å². The highest BCUT2D eigenvalue weighted by Gasteiger charge is 2.03. The maximum Gasteiger partial charge on any atom is 0.333 e. The first-order valence-corrected chi connectivity index (χ1v) is 19.2. The Morgan fingerprint density at radius 1 is 0.250 bits per heavy atom. The van der Waals surface area contributed by atoms with Gasteiger partial charge in [0.1, 0.15) is 13.2 Å². The monoisotopic (exact) mass is 814 g/mol. The van der Waals surface area contributed by atoms with Gasteiger partial charge in [-0.1, -0.05) is 13.2 Å². The molecule has 0 atom stereocenters. The second-order valence-corrected chi connectivity index (χ2v) is 11.4. The van der Waals surface area contributed by atoms with Gasteiger partial charge in [-0.2, -0.15) is 0 Å². The number of hydrogen-bond acceptors (Lipinski definition) is 18. The number of esters is 2. The zero-order chi connectivity index (χ0) is 40.8. The van der Waals surface area contributed by atoms with E-state index in [1.165, 1.54) is 0 Å². The van der Waals surface area contributed by atoms with Crippen LogP contribution in [-0.2, 0) is 85.4 Å². The summed E-state index contributed by atoms with van der Waals surface area (Å²) in [5.41, 5.74) is 0.730. The highest BCUT2D eigenvalue weighted by Crippen LogP contribution is 1.93. The smallest absolute Gasteiger partial charge is 0.333 e. The van der Waals surface area contributed by atoms with E-state index in [2.05, 4.69) is 13.2 Å². The van der Waals surface area contributed by atoms with Crippen molar-refractivity contribution < 1.29 is 85.4 Å². The number of rotatable bonds is 47. The standard InChI is InChI=1S/C38H70O18/c1-35(2)37(39)55-33-31-53-29-27-51-25-23-49-21-19-47-17-15-45-13-11-43-9-7-41-5-6-42-8-10-44-12-14-46-16-18-48-20-22-50-24-26-52-28-30-54-32-34-56-38(40)36(3)4/h1,3,5-34H2,2,4H3. The molecule has 0 unspecified atom stereocenters. The quantitative estimate of drug-likeness (QED) is 0.0489. The van der Waals surface area contributed by atoms with Crippen molar-refractivity contribution in [3.05, 3.63) is 24.3 Å². The zero-order valence-corrected chi connectivity index (χ0v) is 34.0. The van der Waals surface area contributed by atoms with E-state index in [-0.39, 0.29) is 13.2 Å². The molecule has 0 aromatic rings. The molecule has 0 rings (SSSR count). The van der Waals surface area contributed by atoms with E-state index in [0.717, 1.165) is 0 Å². The molecule has 0 aromatic carbocycles. The van der Waals surface area contributed by atoms with Crippen LogP contribution in [0.2, 0.25) is 0 Å². The number of ether oxygens (including phenoxy) is 16. The Kier molecular flexibility index (Phi) is 43.8. The Morgan fingerprint density at radius 2 is 0.357 bits per heavy atom. The first-order valence-electron chi connectivity index (χ1n) is 19.2. The van der Waals surface area contributed by atoms with Gasteiger partial charge in [-0.25, -0.2) is 9.59 Å². The maximum absolute atomic E-state index is 11.2. The van der Waals surface area contributed by atoms with Gasteiger partial charge in [0.15, 0.2) is 0 Å². The first kappa shape index (κ1) is 53.9. The summed E-state index contributed by atoms with van der Waals surface area (Å²) < 4.78 is 85.9. The van der Waals surface area contributed by atoms with Crippen molar-refractivity contribution in [2.45, 2.75) is 13.8 Å². The summed E-state index contributed by atoms with van der Waals surface area (Å²) in [5, 5.41) is 0. The Balaban J connectivity index is 3.09. The molecule has 0 saturated carbocycles. The molecule has 0 N–H and O–H groups in total. The van der Waals surface area contributed by atoms with Crippen molar-refractivity contribution in [3.63, 3.8) is 0 Å². The van der Waals surface area contributed by atoms with Crippen LogP contribution in [-0.4, -0.2) is 210 Å². The summed E-state index contributed by atoms with van der Waals surface area (Å²) in [6.07, 6.45) is 0. The molecule has 330 valence electrons. The minimum absolute atomic E-state index is 0.193. The number of carbonyl (C=O) groups is 2. The molecule has 0 saturated heterocycles. The van der Waals surface area contributed by atoms with Crippen molar-refractivity contribution in [1.82, 2.24) is 0 Å². The van der Waals surface area contributed by atoms with Crippen LogP contribution in [0.5, 0.6) is 0 Å². The van der Waals surface area contributed by atoms with Crippen molar-refractivity contribution in [2.24, 2.45) is 0 Å². The largest absolute Gasteiger partial charge is 0.460 e. The lowest BCUT2D eigenvalue weighted by Gasteiger charge is -2.09. The highest BCUT2D eigenvalue weighted by molar-refractivity contribution is 5.87. The molecule has 0 heterocycles. The number of carbonyl (C=O) groups excluding carboxylic acids is 2. The van der Waals surface area contributed by atoms with Gasteiger partial charge < -0.3 is 75.8 Å². The fourth-order valence-corrected chi connectivity index (χ4v) is 3.59. The molecular weight excluding hydrogens is 744 g/mol. The Bertz CT molecular complexity index is 823. The first-order chi connectivity index (χ1) is 27.4. The molecule has 18 heteroatoms. The van der Waals surface area contributed by atoms with Crippen LogP contribution in [0.3, 0.4) is 0 Å². The van der Waals surface area contributed by atoms with Gasteiger partial charge in [0.05, 0.1) is 185 Å². The molecule has 0 radical (unpaired) electrons. The zero-order valence-electron chi connectivity index (χ0n) is 34.0. The topological polar surface area (TPSA) is 182 Å². The molecule has 0 fully saturated rings. The van der Waals surface area contributed by atoms with E-state index >= 15 is 0 Å². The molecule has 0 aliphatic rings. The normalized spacial score (nSPS) is 11.2. The Morgan fingerprint density at radius 3 is 0.464 bits per heavy atom. The van der Waals surface area contributed by atoms with Crippen LogP contribution in [0.25, 0.3) is 0 Å². The minimum Gasteiger partial charge on any atom is -0.460 e. The van der Waals surface area contributed by atoms with Gasteiger partial charge in [-0.05, 0) is 13.8 Å². The van der Waals surface area contributed by atoms with E-state index in [1.807, 2.05) is 0 Å². The summed E-state index contributed by atoms with van der Waals surface area (Å²) in [5.74, 6) is -0.836. The van der Waals surface area contributed by atoms with Gasteiger partial charge in [0, 0.05) is 11.1 Å². The summed E-state index contributed by atoms with van der Waals surface area (Å²) >= 11 is 0. The van der Waals surface area contributed by atoms with E-state index < -0.39 is 11.9 Å². The predicted molar refractivity (Wildman–Crippen MR) is 203 cm³/mol. The summed E-state index contributed by atoms with van der Waals surface area (Å²) in [6.45, 7) is 23.4. The molecule has 0 aliphatic carbocycles. The van der Waals surface area contributed by atoms with E-state index in [0.29, 0.717) is 196 Å². The average molecular weight is 815 g/mol. The summed E-state index contributed by atoms with van der Waals surface area (Å²) in [6, 6.07) is 0. The SMILES string of the molecule is C=C(C)C(=O)OCCOCCOCCOCCOCCOCCOCCOCCOCCOCCOCCOCCOCCOCCOCCOC(=O)C(=C)C. The molecular formula is C38H70O18. The van der Waals surface area contributed by atoms with Gasteiger partial charge in [0.2, 0.25) is 0 Å². The third kappa shape index (κ3) is 44.6. The fraction of sp³-hybridized carbons (Fsp3) is 0.842. The van der Waals surface area contributed by atoms with Crippen LogP contribution in [0.15, 0.2) is 24.3 Å². The lowest BCUT2D eigenvalue weighted by atomic mass is 10.4. The predicted octanol–water partition coefficient (Wildman–Crippen LogP) is 1.46. The van der Waals surface area contributed by atoms with Crippen molar-refractivity contribution in [3.8, 4) is 0 Å². The lowest BCUT2D eigenvalue weighted by molar-refractivity contribution is -0.141. The van der Waals surface area contributed by atoms with Crippen LogP contribution < -0.4 is 0 Å². The van der Waals surface area contributed by atoms with E-state index in [9.17, 15) is 9.59 Å². The fourth-order valence-electron chi connectivity index (χ4n) is 3.59. The Labute approximate surface area is 333 Å². The second kappa shape index (κ2) is 45.6. The average Bonchev–Trinajstić information content (AvgIpc) is 3.18. The molecule has 0 bridgehead atoms. The van der Waals surface area contributed by atoms with Crippen molar-refractivity contribution in [2.75, 3.05) is 198 Å². The van der Waals surface area contributed by atoms with Crippen LogP contribution in [0.1, 0.15) is 13.8 Å². The van der Waals surface area contributed by atoms with Gasteiger partial charge in [-0.15, -0.1) is 0 Å². The molecule has 0 amide bonds. The van der Waals surface area contributed by atoms with Crippen LogP contribution in [0, 0.1) is 0 Å². The van der Waals surface area contributed by atoms with Crippen molar-refractivity contribution >= 4 is 11.9 Å². The number of hydrogen-bond donors (Lipinski definition) is 0. The molecule has 0 aromatic heterocycles. The van der Waals surface area contributed by atoms with Crippen molar-refractivity contribution in [1.29, 1.82) is 0 Å². The highest BCUT2D eigenvalue weighted by atomic mass is 16.6. The van der Waals surface area contributed by atoms with Gasteiger partial charge in [0.25, 0.3) is 0 Å². The summed E-state index contributed by atoms with van der Waals surface area (Å²) in [4.78, 5) is 22.4. The lowest BCUT2D eigenvalue weighted by Crippen LogP contribution is -2.16. The van der Waals surface area contributed by atoms with E-state index in [1.54, 1.807) is 13.8 Å². The molecule has 0 aliphatic heterocycles. The van der Waals surface area contributed by atoms with Gasteiger partial charge in [-0.3, -0.25) is 0 Å². The second-order valence-electron chi connectivity index (χ2n) is 11.4. The summed E-state index contributed by atoms with van der Waals surface area (Å²) in [7, 11) is 0.